The molecule has 0 bridgehead atoms. The van der Waals surface area contributed by atoms with Crippen molar-refractivity contribution in [3.8, 4) is 5.75 Å². The number of benzene rings is 1. The quantitative estimate of drug-likeness (QED) is 0.886. The Morgan fingerprint density at radius 3 is 2.60 bits per heavy atom. The van der Waals surface area contributed by atoms with Crippen molar-refractivity contribution in [2.75, 3.05) is 0 Å². The summed E-state index contributed by atoms with van der Waals surface area (Å²) in [6.45, 7) is 2.41. The molecule has 4 nitrogen and oxygen atoms in total. The first-order valence-corrected chi connectivity index (χ1v) is 6.36. The van der Waals surface area contributed by atoms with Crippen molar-refractivity contribution < 1.29 is 18.6 Å². The molecule has 1 aromatic heterocycles. The topological polar surface area (TPSA) is 47.3 Å². The number of hydrogen-bond acceptors (Lipinski definition) is 3. The van der Waals surface area contributed by atoms with Crippen LogP contribution in [0.4, 0.5) is 8.78 Å². The van der Waals surface area contributed by atoms with Gasteiger partial charge < -0.3 is 14.4 Å². The standard InChI is InChI=1S/C14H16F2N2O2/c1-2-3-18-9-17-6-11(18)8-20-14-12(15)4-10(7-19)5-13(14)16/h4-6,9,19H,2-3,7-8H2,1H3. The van der Waals surface area contributed by atoms with Gasteiger partial charge in [0.05, 0.1) is 24.8 Å². The van der Waals surface area contributed by atoms with Gasteiger partial charge in [0.15, 0.2) is 17.4 Å². The summed E-state index contributed by atoms with van der Waals surface area (Å²) < 4.78 is 34.4. The summed E-state index contributed by atoms with van der Waals surface area (Å²) in [5, 5.41) is 8.87. The molecule has 1 N–H and O–H groups in total. The molecule has 0 atom stereocenters. The molecule has 0 unspecified atom stereocenters. The van der Waals surface area contributed by atoms with Crippen LogP contribution in [0, 0.1) is 11.6 Å². The second kappa shape index (κ2) is 6.47. The summed E-state index contributed by atoms with van der Waals surface area (Å²) in [5.74, 6) is -2.09. The van der Waals surface area contributed by atoms with E-state index in [2.05, 4.69) is 4.98 Å². The third-order valence-corrected chi connectivity index (χ3v) is 2.87. The molecule has 0 saturated heterocycles. The Morgan fingerprint density at radius 2 is 2.00 bits per heavy atom. The molecule has 0 spiro atoms. The van der Waals surface area contributed by atoms with Gasteiger partial charge in [-0.1, -0.05) is 6.92 Å². The zero-order valence-corrected chi connectivity index (χ0v) is 11.1. The molecule has 0 radical (unpaired) electrons. The van der Waals surface area contributed by atoms with E-state index in [-0.39, 0.29) is 12.2 Å². The summed E-state index contributed by atoms with van der Waals surface area (Å²) in [4.78, 5) is 3.99. The zero-order chi connectivity index (χ0) is 14.5. The Morgan fingerprint density at radius 1 is 1.30 bits per heavy atom. The largest absolute Gasteiger partial charge is 0.481 e. The van der Waals surface area contributed by atoms with Crippen molar-refractivity contribution in [2.45, 2.75) is 33.1 Å². The van der Waals surface area contributed by atoms with Crippen LogP contribution in [-0.4, -0.2) is 14.7 Å². The Kier molecular flexibility index (Phi) is 4.68. The third kappa shape index (κ3) is 3.14. The fourth-order valence-corrected chi connectivity index (χ4v) is 1.90. The highest BCUT2D eigenvalue weighted by atomic mass is 19.1. The van der Waals surface area contributed by atoms with E-state index in [0.29, 0.717) is 0 Å². The Balaban J connectivity index is 2.13. The van der Waals surface area contributed by atoms with Gasteiger partial charge in [-0.2, -0.15) is 0 Å². The smallest absolute Gasteiger partial charge is 0.191 e. The number of aliphatic hydroxyl groups excluding tert-OH is 1. The maximum Gasteiger partial charge on any atom is 0.191 e. The van der Waals surface area contributed by atoms with Crippen LogP contribution in [0.15, 0.2) is 24.7 Å². The molecule has 0 amide bonds. The van der Waals surface area contributed by atoms with Gasteiger partial charge in [0.2, 0.25) is 0 Å². The van der Waals surface area contributed by atoms with Crippen molar-refractivity contribution >= 4 is 0 Å². The average molecular weight is 282 g/mol. The lowest BCUT2D eigenvalue weighted by Gasteiger charge is -2.11. The van der Waals surface area contributed by atoms with Crippen LogP contribution < -0.4 is 4.74 Å². The summed E-state index contributed by atoms with van der Waals surface area (Å²) >= 11 is 0. The van der Waals surface area contributed by atoms with E-state index in [0.717, 1.165) is 30.8 Å². The van der Waals surface area contributed by atoms with E-state index in [1.165, 1.54) is 0 Å². The monoisotopic (exact) mass is 282 g/mol. The number of nitrogens with zero attached hydrogens (tertiary/aromatic N) is 2. The van der Waals surface area contributed by atoms with E-state index in [4.69, 9.17) is 9.84 Å². The van der Waals surface area contributed by atoms with Crippen LogP contribution in [0.5, 0.6) is 5.75 Å². The predicted molar refractivity (Wildman–Crippen MR) is 69.1 cm³/mol. The van der Waals surface area contributed by atoms with Crippen molar-refractivity contribution in [1.82, 2.24) is 9.55 Å². The fourth-order valence-electron chi connectivity index (χ4n) is 1.90. The van der Waals surface area contributed by atoms with Crippen LogP contribution >= 0.6 is 0 Å². The van der Waals surface area contributed by atoms with E-state index in [9.17, 15) is 8.78 Å². The van der Waals surface area contributed by atoms with Gasteiger partial charge in [-0.3, -0.25) is 0 Å². The van der Waals surface area contributed by atoms with Crippen LogP contribution in [0.3, 0.4) is 0 Å². The molecule has 108 valence electrons. The first-order valence-electron chi connectivity index (χ1n) is 6.36. The van der Waals surface area contributed by atoms with Gasteiger partial charge in [-0.15, -0.1) is 0 Å². The summed E-state index contributed by atoms with van der Waals surface area (Å²) in [7, 11) is 0. The molecule has 20 heavy (non-hydrogen) atoms. The second-order valence-corrected chi connectivity index (χ2v) is 4.41. The van der Waals surface area contributed by atoms with Crippen LogP contribution in [-0.2, 0) is 19.8 Å². The molecule has 2 rings (SSSR count). The highest BCUT2D eigenvalue weighted by molar-refractivity contribution is 5.31. The van der Waals surface area contributed by atoms with Gasteiger partial charge in [0.25, 0.3) is 0 Å². The average Bonchev–Trinajstić information content (AvgIpc) is 2.85. The van der Waals surface area contributed by atoms with Crippen LogP contribution in [0.25, 0.3) is 0 Å². The minimum Gasteiger partial charge on any atom is -0.481 e. The number of hydrogen-bond donors (Lipinski definition) is 1. The molecular weight excluding hydrogens is 266 g/mol. The number of aromatic nitrogens is 2. The molecule has 1 heterocycles. The Hall–Kier alpha value is -1.95. The number of aliphatic hydroxyl groups is 1. The molecule has 6 heteroatoms. The first-order chi connectivity index (χ1) is 9.65. The minimum atomic E-state index is -0.824. The summed E-state index contributed by atoms with van der Waals surface area (Å²) in [5.41, 5.74) is 0.917. The van der Waals surface area contributed by atoms with E-state index in [1.54, 1.807) is 12.5 Å². The maximum absolute atomic E-state index is 13.7. The number of ether oxygens (including phenoxy) is 1. The molecular formula is C14H16F2N2O2. The fraction of sp³-hybridized carbons (Fsp3) is 0.357. The number of halogens is 2. The lowest BCUT2D eigenvalue weighted by Crippen LogP contribution is -2.07. The van der Waals surface area contributed by atoms with Crippen molar-refractivity contribution in [3.63, 3.8) is 0 Å². The van der Waals surface area contributed by atoms with Crippen molar-refractivity contribution in [2.24, 2.45) is 0 Å². The van der Waals surface area contributed by atoms with E-state index >= 15 is 0 Å². The molecule has 0 fully saturated rings. The molecule has 0 saturated carbocycles. The molecule has 1 aromatic carbocycles. The van der Waals surface area contributed by atoms with Gasteiger partial charge in [0, 0.05) is 6.54 Å². The van der Waals surface area contributed by atoms with E-state index < -0.39 is 24.0 Å². The third-order valence-electron chi connectivity index (χ3n) is 2.87. The van der Waals surface area contributed by atoms with Gasteiger partial charge >= 0.3 is 0 Å². The molecule has 0 aliphatic rings. The first kappa shape index (κ1) is 14.5. The SMILES string of the molecule is CCCn1cncc1COc1c(F)cc(CO)cc1F. The number of rotatable bonds is 6. The molecule has 2 aromatic rings. The molecule has 0 aliphatic carbocycles. The lowest BCUT2D eigenvalue weighted by molar-refractivity contribution is 0.260. The highest BCUT2D eigenvalue weighted by Crippen LogP contribution is 2.24. The molecule has 0 aliphatic heterocycles. The minimum absolute atomic E-state index is 0.0340. The van der Waals surface area contributed by atoms with Gasteiger partial charge in [-0.25, -0.2) is 13.8 Å². The lowest BCUT2D eigenvalue weighted by atomic mass is 10.2. The summed E-state index contributed by atoms with van der Waals surface area (Å²) in [6.07, 6.45) is 4.19. The summed E-state index contributed by atoms with van der Waals surface area (Å²) in [6, 6.07) is 2.11. The Bertz CT molecular complexity index is 561. The van der Waals surface area contributed by atoms with Gasteiger partial charge in [0.1, 0.15) is 6.61 Å². The van der Waals surface area contributed by atoms with Gasteiger partial charge in [-0.05, 0) is 24.1 Å². The second-order valence-electron chi connectivity index (χ2n) is 4.41. The van der Waals surface area contributed by atoms with E-state index in [1.807, 2.05) is 11.5 Å². The maximum atomic E-state index is 13.7. The number of aryl methyl sites for hydroxylation is 1. The van der Waals surface area contributed by atoms with Crippen molar-refractivity contribution in [1.29, 1.82) is 0 Å². The number of imidazole rings is 1. The Labute approximate surface area is 115 Å². The normalized spacial score (nSPS) is 10.8. The van der Waals surface area contributed by atoms with Crippen molar-refractivity contribution in [3.05, 3.63) is 47.5 Å². The zero-order valence-electron chi connectivity index (χ0n) is 11.1. The van der Waals surface area contributed by atoms with Crippen LogP contribution in [0.2, 0.25) is 0 Å². The highest BCUT2D eigenvalue weighted by Gasteiger charge is 2.13. The predicted octanol–water partition coefficient (Wildman–Crippen LogP) is 2.64. The van der Waals surface area contributed by atoms with Crippen LogP contribution in [0.1, 0.15) is 24.6 Å².